The molecule has 0 aliphatic rings. The van der Waals surface area contributed by atoms with E-state index in [1.165, 1.54) is 25.7 Å². The fourth-order valence-electron chi connectivity index (χ4n) is 2.83. The fourth-order valence-corrected chi connectivity index (χ4v) is 4.46. The van der Waals surface area contributed by atoms with E-state index in [2.05, 4.69) is 37.6 Å². The third kappa shape index (κ3) is 9.80. The van der Waals surface area contributed by atoms with Crippen molar-refractivity contribution in [3.63, 3.8) is 0 Å². The van der Waals surface area contributed by atoms with Gasteiger partial charge >= 0.3 is 0 Å². The van der Waals surface area contributed by atoms with Crippen LogP contribution in [0.2, 0.25) is 0 Å². The van der Waals surface area contributed by atoms with Crippen molar-refractivity contribution >= 4 is 11.8 Å². The summed E-state index contributed by atoms with van der Waals surface area (Å²) in [6, 6.07) is 0. The molecular weight excluding hydrogens is 332 g/mol. The van der Waals surface area contributed by atoms with Gasteiger partial charge in [-0.2, -0.15) is 0 Å². The number of aliphatic hydroxyl groups is 2. The maximum atomic E-state index is 10.1. The summed E-state index contributed by atoms with van der Waals surface area (Å²) in [7, 11) is 0. The highest BCUT2D eigenvalue weighted by Gasteiger charge is 2.39. The lowest BCUT2D eigenvalue weighted by atomic mass is 10.1. The van der Waals surface area contributed by atoms with E-state index in [1.54, 1.807) is 11.8 Å². The number of hydrogen-bond acceptors (Lipinski definition) is 5. The minimum Gasteiger partial charge on any atom is -0.394 e. The van der Waals surface area contributed by atoms with Gasteiger partial charge < -0.3 is 20.8 Å². The fraction of sp³-hybridized carbons (Fsp3) is 0.800. The Morgan fingerprint density at radius 3 is 1.48 bits per heavy atom. The summed E-state index contributed by atoms with van der Waals surface area (Å²) < 4.78 is 0. The lowest BCUT2D eigenvalue weighted by molar-refractivity contribution is 0.205. The zero-order valence-electron chi connectivity index (χ0n) is 16.4. The molecule has 5 heteroatoms. The van der Waals surface area contributed by atoms with Gasteiger partial charge in [0.05, 0.1) is 23.0 Å². The van der Waals surface area contributed by atoms with Crippen LogP contribution in [0.4, 0.5) is 0 Å². The molecule has 0 bridgehead atoms. The van der Waals surface area contributed by atoms with Crippen molar-refractivity contribution in [2.24, 2.45) is 0 Å². The van der Waals surface area contributed by atoms with Crippen LogP contribution in [0.5, 0.6) is 0 Å². The molecule has 25 heavy (non-hydrogen) atoms. The van der Waals surface area contributed by atoms with Crippen molar-refractivity contribution < 1.29 is 10.2 Å². The van der Waals surface area contributed by atoms with Crippen LogP contribution < -0.4 is 10.6 Å². The first-order valence-electron chi connectivity index (χ1n) is 9.71. The van der Waals surface area contributed by atoms with Crippen molar-refractivity contribution in [3.05, 3.63) is 25.3 Å². The number of rotatable bonds is 18. The lowest BCUT2D eigenvalue weighted by Crippen LogP contribution is -2.55. The van der Waals surface area contributed by atoms with Gasteiger partial charge in [0, 0.05) is 0 Å². The molecule has 0 radical (unpaired) electrons. The quantitative estimate of drug-likeness (QED) is 0.167. The second-order valence-electron chi connectivity index (χ2n) is 6.66. The molecule has 0 aromatic heterocycles. The highest BCUT2D eigenvalue weighted by molar-refractivity contribution is 8.02. The Kier molecular flexibility index (Phi) is 14.6. The third-order valence-electron chi connectivity index (χ3n) is 4.30. The van der Waals surface area contributed by atoms with Gasteiger partial charge in [-0.25, -0.2) is 0 Å². The number of hydrogen-bond donors (Lipinski definition) is 4. The van der Waals surface area contributed by atoms with Gasteiger partial charge in [0.1, 0.15) is 0 Å². The van der Waals surface area contributed by atoms with Gasteiger partial charge in [-0.15, -0.1) is 24.9 Å². The molecule has 2 unspecified atom stereocenters. The number of nitrogens with one attached hydrogen (secondary N) is 2. The Morgan fingerprint density at radius 2 is 1.20 bits per heavy atom. The molecule has 0 saturated carbocycles. The van der Waals surface area contributed by atoms with Crippen LogP contribution in [-0.2, 0) is 0 Å². The second-order valence-corrected chi connectivity index (χ2v) is 8.43. The van der Waals surface area contributed by atoms with Crippen molar-refractivity contribution in [2.75, 3.05) is 26.3 Å². The first kappa shape index (κ1) is 24.7. The summed E-state index contributed by atoms with van der Waals surface area (Å²) in [6.45, 7) is 13.8. The number of aliphatic hydroxyl groups excluding tert-OH is 2. The van der Waals surface area contributed by atoms with Crippen LogP contribution in [0.15, 0.2) is 25.3 Å². The van der Waals surface area contributed by atoms with E-state index in [4.69, 9.17) is 0 Å². The van der Waals surface area contributed by atoms with Gasteiger partial charge in [-0.05, 0) is 38.8 Å². The first-order valence-corrected chi connectivity index (χ1v) is 10.5. The van der Waals surface area contributed by atoms with Crippen LogP contribution in [0.3, 0.4) is 0 Å². The minimum atomic E-state index is -0.543. The third-order valence-corrected chi connectivity index (χ3v) is 5.97. The summed E-state index contributed by atoms with van der Waals surface area (Å²) in [5, 5.41) is 27.3. The Hall–Kier alpha value is -0.330. The molecule has 0 spiro atoms. The Morgan fingerprint density at radius 1 is 0.800 bits per heavy atom. The molecule has 148 valence electrons. The molecule has 0 aromatic rings. The average molecular weight is 373 g/mol. The van der Waals surface area contributed by atoms with E-state index in [0.29, 0.717) is 12.8 Å². The van der Waals surface area contributed by atoms with E-state index in [0.717, 1.165) is 25.9 Å². The smallest absolute Gasteiger partial charge is 0.0932 e. The maximum absolute atomic E-state index is 10.1. The Balaban J connectivity index is 5.12. The van der Waals surface area contributed by atoms with Gasteiger partial charge in [-0.3, -0.25) is 0 Å². The normalized spacial score (nSPS) is 16.2. The van der Waals surface area contributed by atoms with Gasteiger partial charge in [0.25, 0.3) is 0 Å². The van der Waals surface area contributed by atoms with E-state index in [9.17, 15) is 10.2 Å². The summed E-state index contributed by atoms with van der Waals surface area (Å²) in [5.74, 6) is 0. The molecule has 0 aliphatic heterocycles. The predicted octanol–water partition coefficient (Wildman–Crippen LogP) is 3.81. The standard InChI is InChI=1S/C20H40N2O2S/c1-5-9-11-15-21-19(17-23,13-7-3)25-20(18-24,14-8-4)22-16-12-10-6-2/h7-8,21-24H,3-6,9-18H2,1-2H3. The largest absolute Gasteiger partial charge is 0.394 e. The maximum Gasteiger partial charge on any atom is 0.0932 e. The summed E-state index contributed by atoms with van der Waals surface area (Å²) >= 11 is 1.59. The van der Waals surface area contributed by atoms with Gasteiger partial charge in [0.15, 0.2) is 0 Å². The van der Waals surface area contributed by atoms with E-state index < -0.39 is 9.74 Å². The van der Waals surface area contributed by atoms with Crippen LogP contribution in [0.25, 0.3) is 0 Å². The van der Waals surface area contributed by atoms with Crippen molar-refractivity contribution in [1.82, 2.24) is 10.6 Å². The summed E-state index contributed by atoms with van der Waals surface area (Å²) in [6.07, 6.45) is 11.8. The zero-order chi connectivity index (χ0) is 19.0. The Labute approximate surface area is 159 Å². The van der Waals surface area contributed by atoms with Gasteiger partial charge in [0.2, 0.25) is 0 Å². The van der Waals surface area contributed by atoms with Crippen molar-refractivity contribution in [1.29, 1.82) is 0 Å². The van der Waals surface area contributed by atoms with Crippen LogP contribution in [-0.4, -0.2) is 46.3 Å². The topological polar surface area (TPSA) is 64.5 Å². The molecule has 0 rings (SSSR count). The van der Waals surface area contributed by atoms with E-state index in [-0.39, 0.29) is 13.2 Å². The van der Waals surface area contributed by atoms with E-state index >= 15 is 0 Å². The number of thioether (sulfide) groups is 1. The Bertz CT molecular complexity index is 323. The molecule has 0 aromatic carbocycles. The first-order chi connectivity index (χ1) is 12.1. The predicted molar refractivity (Wildman–Crippen MR) is 112 cm³/mol. The monoisotopic (exact) mass is 372 g/mol. The van der Waals surface area contributed by atoms with E-state index in [1.807, 2.05) is 12.2 Å². The lowest BCUT2D eigenvalue weighted by Gasteiger charge is -2.42. The highest BCUT2D eigenvalue weighted by Crippen LogP contribution is 2.38. The zero-order valence-corrected chi connectivity index (χ0v) is 17.2. The molecule has 0 fully saturated rings. The molecule has 0 heterocycles. The molecule has 0 amide bonds. The van der Waals surface area contributed by atoms with Crippen LogP contribution in [0.1, 0.15) is 65.2 Å². The summed E-state index contributed by atoms with van der Waals surface area (Å²) in [4.78, 5) is -1.09. The van der Waals surface area contributed by atoms with Crippen LogP contribution >= 0.6 is 11.8 Å². The molecule has 4 N–H and O–H groups in total. The molecule has 4 nitrogen and oxygen atoms in total. The second kappa shape index (κ2) is 14.8. The van der Waals surface area contributed by atoms with Crippen molar-refractivity contribution in [2.45, 2.75) is 75.0 Å². The van der Waals surface area contributed by atoms with Gasteiger partial charge in [-0.1, -0.05) is 51.7 Å². The highest BCUT2D eigenvalue weighted by atomic mass is 32.2. The minimum absolute atomic E-state index is 0.00859. The molecule has 0 aliphatic carbocycles. The SMILES string of the molecule is C=CCC(CO)(NCCCCC)SC(CO)(CC=C)NCCCCC. The molecule has 2 atom stereocenters. The average Bonchev–Trinajstić information content (AvgIpc) is 2.62. The molecule has 0 saturated heterocycles. The summed E-state index contributed by atoms with van der Waals surface area (Å²) in [5.41, 5.74) is 0. The van der Waals surface area contributed by atoms with Crippen LogP contribution in [0, 0.1) is 0 Å². The number of unbranched alkanes of at least 4 members (excludes halogenated alkanes) is 4. The molecular formula is C20H40N2O2S. The van der Waals surface area contributed by atoms with Crippen molar-refractivity contribution in [3.8, 4) is 0 Å².